The lowest BCUT2D eigenvalue weighted by Crippen LogP contribution is -2.24. The maximum atomic E-state index is 9.87. The summed E-state index contributed by atoms with van der Waals surface area (Å²) in [7, 11) is 1.82. The molecule has 4 heteroatoms. The first-order valence-electron chi connectivity index (χ1n) is 3.98. The van der Waals surface area contributed by atoms with Gasteiger partial charge in [-0.05, 0) is 19.9 Å². The van der Waals surface area contributed by atoms with E-state index in [1.807, 2.05) is 7.05 Å². The topological polar surface area (TPSA) is 64.1 Å². The van der Waals surface area contributed by atoms with Gasteiger partial charge in [0.05, 0.1) is 11.8 Å². The average Bonchev–Trinajstić information content (AvgIpc) is 2.36. The highest BCUT2D eigenvalue weighted by molar-refractivity contribution is 5.13. The minimum atomic E-state index is -0.844. The van der Waals surface area contributed by atoms with Crippen LogP contribution in [0.5, 0.6) is 0 Å². The van der Waals surface area contributed by atoms with Gasteiger partial charge >= 0.3 is 0 Å². The van der Waals surface area contributed by atoms with E-state index < -0.39 is 5.60 Å². The van der Waals surface area contributed by atoms with E-state index in [9.17, 15) is 5.11 Å². The van der Waals surface area contributed by atoms with Gasteiger partial charge in [-0.3, -0.25) is 4.68 Å². The SMILES string of the molecule is Cn1cc(C(C)(O)CCN)cn1. The Morgan fingerprint density at radius 2 is 2.42 bits per heavy atom. The normalized spacial score (nSPS) is 16.0. The minimum absolute atomic E-state index is 0.474. The number of aromatic nitrogens is 2. The molecule has 1 heterocycles. The fourth-order valence-electron chi connectivity index (χ4n) is 1.12. The van der Waals surface area contributed by atoms with Crippen molar-refractivity contribution >= 4 is 0 Å². The third-order valence-electron chi connectivity index (χ3n) is 1.96. The first-order valence-corrected chi connectivity index (χ1v) is 3.98. The Kier molecular flexibility index (Phi) is 2.49. The Hall–Kier alpha value is -0.870. The van der Waals surface area contributed by atoms with Gasteiger partial charge in [-0.25, -0.2) is 0 Å². The molecule has 1 atom stereocenters. The lowest BCUT2D eigenvalue weighted by Gasteiger charge is -2.20. The lowest BCUT2D eigenvalue weighted by atomic mass is 9.96. The van der Waals surface area contributed by atoms with Gasteiger partial charge < -0.3 is 10.8 Å². The van der Waals surface area contributed by atoms with Crippen LogP contribution in [0, 0.1) is 0 Å². The molecular formula is C8H15N3O. The van der Waals surface area contributed by atoms with E-state index in [1.165, 1.54) is 0 Å². The van der Waals surface area contributed by atoms with E-state index in [0.29, 0.717) is 13.0 Å². The number of hydrogen-bond donors (Lipinski definition) is 2. The Morgan fingerprint density at radius 3 is 2.83 bits per heavy atom. The minimum Gasteiger partial charge on any atom is -0.385 e. The second-order valence-electron chi connectivity index (χ2n) is 3.22. The van der Waals surface area contributed by atoms with Crippen LogP contribution in [0.15, 0.2) is 12.4 Å². The molecule has 3 N–H and O–H groups in total. The van der Waals surface area contributed by atoms with Crippen LogP contribution >= 0.6 is 0 Å². The fraction of sp³-hybridized carbons (Fsp3) is 0.625. The molecule has 1 aromatic rings. The Balaban J connectivity index is 2.81. The van der Waals surface area contributed by atoms with Crippen molar-refractivity contribution < 1.29 is 5.11 Å². The molecule has 0 bridgehead atoms. The molecule has 0 aliphatic rings. The smallest absolute Gasteiger partial charge is 0.0910 e. The summed E-state index contributed by atoms with van der Waals surface area (Å²) in [5, 5.41) is 13.8. The Bertz CT molecular complexity index is 255. The van der Waals surface area contributed by atoms with Gasteiger partial charge in [0.2, 0.25) is 0 Å². The monoisotopic (exact) mass is 169 g/mol. The van der Waals surface area contributed by atoms with Crippen molar-refractivity contribution in [1.82, 2.24) is 9.78 Å². The van der Waals surface area contributed by atoms with Crippen LogP contribution in [-0.4, -0.2) is 21.4 Å². The standard InChI is InChI=1S/C8H15N3O/c1-8(12,3-4-9)7-5-10-11(2)6-7/h5-6,12H,3-4,9H2,1-2H3. The number of hydrogen-bond acceptors (Lipinski definition) is 3. The van der Waals surface area contributed by atoms with Crippen molar-refractivity contribution in [3.05, 3.63) is 18.0 Å². The third-order valence-corrected chi connectivity index (χ3v) is 1.96. The predicted octanol–water partition coefficient (Wildman–Crippen LogP) is -0.0236. The summed E-state index contributed by atoms with van der Waals surface area (Å²) in [5.74, 6) is 0. The van der Waals surface area contributed by atoms with Crippen molar-refractivity contribution in [3.8, 4) is 0 Å². The molecule has 0 aliphatic carbocycles. The highest BCUT2D eigenvalue weighted by Gasteiger charge is 2.23. The molecule has 0 saturated heterocycles. The van der Waals surface area contributed by atoms with Crippen molar-refractivity contribution in [2.45, 2.75) is 18.9 Å². The lowest BCUT2D eigenvalue weighted by molar-refractivity contribution is 0.0503. The van der Waals surface area contributed by atoms with E-state index in [-0.39, 0.29) is 0 Å². The first-order chi connectivity index (χ1) is 5.56. The molecule has 0 saturated carbocycles. The van der Waals surface area contributed by atoms with E-state index in [0.717, 1.165) is 5.56 Å². The Morgan fingerprint density at radius 1 is 1.75 bits per heavy atom. The van der Waals surface area contributed by atoms with Crippen LogP contribution in [0.1, 0.15) is 18.9 Å². The van der Waals surface area contributed by atoms with E-state index in [1.54, 1.807) is 24.0 Å². The van der Waals surface area contributed by atoms with Gasteiger partial charge in [0.1, 0.15) is 0 Å². The molecule has 0 fully saturated rings. The van der Waals surface area contributed by atoms with Crippen LogP contribution < -0.4 is 5.73 Å². The first kappa shape index (κ1) is 9.22. The van der Waals surface area contributed by atoms with Gasteiger partial charge in [-0.2, -0.15) is 5.10 Å². The molecule has 1 aromatic heterocycles. The van der Waals surface area contributed by atoms with Crippen LogP contribution in [-0.2, 0) is 12.6 Å². The average molecular weight is 169 g/mol. The molecule has 0 radical (unpaired) electrons. The summed E-state index contributed by atoms with van der Waals surface area (Å²) >= 11 is 0. The van der Waals surface area contributed by atoms with Gasteiger partial charge in [0, 0.05) is 18.8 Å². The molecule has 0 amide bonds. The zero-order chi connectivity index (χ0) is 9.19. The van der Waals surface area contributed by atoms with Crippen LogP contribution in [0.2, 0.25) is 0 Å². The number of nitrogens with two attached hydrogens (primary N) is 1. The van der Waals surface area contributed by atoms with Gasteiger partial charge in [0.15, 0.2) is 0 Å². The van der Waals surface area contributed by atoms with Crippen molar-refractivity contribution in [2.24, 2.45) is 12.8 Å². The number of aliphatic hydroxyl groups is 1. The highest BCUT2D eigenvalue weighted by atomic mass is 16.3. The summed E-state index contributed by atoms with van der Waals surface area (Å²) in [4.78, 5) is 0. The predicted molar refractivity (Wildman–Crippen MR) is 46.5 cm³/mol. The molecule has 0 spiro atoms. The zero-order valence-corrected chi connectivity index (χ0v) is 7.49. The summed E-state index contributed by atoms with van der Waals surface area (Å²) in [6.45, 7) is 2.22. The summed E-state index contributed by atoms with van der Waals surface area (Å²) in [5.41, 5.74) is 5.34. The second-order valence-corrected chi connectivity index (χ2v) is 3.22. The summed E-state index contributed by atoms with van der Waals surface area (Å²) in [6, 6.07) is 0. The number of aryl methyl sites for hydroxylation is 1. The van der Waals surface area contributed by atoms with Gasteiger partial charge in [0.25, 0.3) is 0 Å². The van der Waals surface area contributed by atoms with E-state index in [2.05, 4.69) is 5.10 Å². The maximum Gasteiger partial charge on any atom is 0.0910 e. The van der Waals surface area contributed by atoms with Crippen LogP contribution in [0.4, 0.5) is 0 Å². The van der Waals surface area contributed by atoms with E-state index >= 15 is 0 Å². The molecule has 0 aliphatic heterocycles. The molecule has 1 rings (SSSR count). The van der Waals surface area contributed by atoms with Crippen molar-refractivity contribution in [2.75, 3.05) is 6.54 Å². The molecule has 1 unspecified atom stereocenters. The zero-order valence-electron chi connectivity index (χ0n) is 7.49. The van der Waals surface area contributed by atoms with Gasteiger partial charge in [-0.15, -0.1) is 0 Å². The third kappa shape index (κ3) is 1.84. The molecular weight excluding hydrogens is 154 g/mol. The largest absolute Gasteiger partial charge is 0.385 e. The number of rotatable bonds is 3. The molecule has 68 valence electrons. The molecule has 4 nitrogen and oxygen atoms in total. The van der Waals surface area contributed by atoms with Gasteiger partial charge in [-0.1, -0.05) is 0 Å². The number of nitrogens with zero attached hydrogens (tertiary/aromatic N) is 2. The van der Waals surface area contributed by atoms with Crippen molar-refractivity contribution in [3.63, 3.8) is 0 Å². The fourth-order valence-corrected chi connectivity index (χ4v) is 1.12. The van der Waals surface area contributed by atoms with Crippen LogP contribution in [0.3, 0.4) is 0 Å². The Labute approximate surface area is 72.0 Å². The molecule has 12 heavy (non-hydrogen) atoms. The second kappa shape index (κ2) is 3.25. The highest BCUT2D eigenvalue weighted by Crippen LogP contribution is 2.22. The quantitative estimate of drug-likeness (QED) is 0.668. The summed E-state index contributed by atoms with van der Waals surface area (Å²) < 4.78 is 1.67. The van der Waals surface area contributed by atoms with E-state index in [4.69, 9.17) is 5.73 Å². The van der Waals surface area contributed by atoms with Crippen LogP contribution in [0.25, 0.3) is 0 Å². The van der Waals surface area contributed by atoms with Crippen molar-refractivity contribution in [1.29, 1.82) is 0 Å². The molecule has 0 aromatic carbocycles. The summed E-state index contributed by atoms with van der Waals surface area (Å²) in [6.07, 6.45) is 4.02. The maximum absolute atomic E-state index is 9.87.